The van der Waals surface area contributed by atoms with Crippen molar-refractivity contribution in [3.63, 3.8) is 0 Å². The molecule has 0 bridgehead atoms. The van der Waals surface area contributed by atoms with E-state index in [1.165, 1.54) is 0 Å². The second-order valence-corrected chi connectivity index (χ2v) is 8.92. The third kappa shape index (κ3) is 3.93. The largest absolute Gasteiger partial charge is 0.338 e. The lowest BCUT2D eigenvalue weighted by atomic mass is 10.0. The van der Waals surface area contributed by atoms with Gasteiger partial charge in [-0.2, -0.15) is 0 Å². The van der Waals surface area contributed by atoms with Crippen molar-refractivity contribution in [2.24, 2.45) is 11.8 Å². The molecule has 132 valence electrons. The van der Waals surface area contributed by atoms with Gasteiger partial charge < -0.3 is 4.90 Å². The minimum absolute atomic E-state index is 0.0245. The van der Waals surface area contributed by atoms with Crippen LogP contribution in [0.2, 0.25) is 0 Å². The van der Waals surface area contributed by atoms with Gasteiger partial charge in [-0.15, -0.1) is 0 Å². The number of hydrogen-bond donors (Lipinski definition) is 0. The summed E-state index contributed by atoms with van der Waals surface area (Å²) in [5, 5.41) is 0. The van der Waals surface area contributed by atoms with Crippen LogP contribution in [0.5, 0.6) is 0 Å². The Kier molecular flexibility index (Phi) is 4.95. The van der Waals surface area contributed by atoms with Crippen molar-refractivity contribution in [3.8, 4) is 0 Å². The summed E-state index contributed by atoms with van der Waals surface area (Å²) in [5.74, 6) is -0.639. The molecule has 5 heteroatoms. The third-order valence-electron chi connectivity index (χ3n) is 4.82. The molecule has 0 N–H and O–H groups in total. The van der Waals surface area contributed by atoms with Crippen molar-refractivity contribution in [2.45, 2.75) is 25.3 Å². The maximum atomic E-state index is 12.7. The molecule has 2 aromatic carbocycles. The minimum Gasteiger partial charge on any atom is -0.338 e. The zero-order chi connectivity index (χ0) is 18.0. The van der Waals surface area contributed by atoms with Crippen LogP contribution < -0.4 is 0 Å². The molecule has 1 aliphatic rings. The van der Waals surface area contributed by atoms with E-state index in [0.29, 0.717) is 18.0 Å². The lowest BCUT2D eigenvalue weighted by Crippen LogP contribution is -2.30. The van der Waals surface area contributed by atoms with Gasteiger partial charge in [-0.3, -0.25) is 4.79 Å². The highest BCUT2D eigenvalue weighted by atomic mass is 32.2. The summed E-state index contributed by atoms with van der Waals surface area (Å²) in [7, 11) is -3.47. The summed E-state index contributed by atoms with van der Waals surface area (Å²) in [6.45, 7) is 5.01. The lowest BCUT2D eigenvalue weighted by Gasteiger charge is -2.17. The van der Waals surface area contributed by atoms with Crippen molar-refractivity contribution in [2.75, 3.05) is 12.3 Å². The summed E-state index contributed by atoms with van der Waals surface area (Å²) in [4.78, 5) is 14.8. The first-order valence-corrected chi connectivity index (χ1v) is 10.1. The number of hydrogen-bond acceptors (Lipinski definition) is 3. The molecule has 1 fully saturated rings. The van der Waals surface area contributed by atoms with Crippen LogP contribution in [0, 0.1) is 18.8 Å². The fourth-order valence-corrected chi connectivity index (χ4v) is 4.99. The number of aryl methyl sites for hydroxylation is 1. The number of amides is 1. The minimum atomic E-state index is -3.47. The lowest BCUT2D eigenvalue weighted by molar-refractivity contribution is -0.131. The topological polar surface area (TPSA) is 54.5 Å². The first-order valence-electron chi connectivity index (χ1n) is 8.49. The number of likely N-dealkylation sites (tertiary alicyclic amines) is 1. The molecule has 25 heavy (non-hydrogen) atoms. The Morgan fingerprint density at radius 1 is 1.04 bits per heavy atom. The third-order valence-corrected chi connectivity index (χ3v) is 6.61. The Morgan fingerprint density at radius 3 is 2.32 bits per heavy atom. The molecular formula is C20H23NO3S. The van der Waals surface area contributed by atoms with Gasteiger partial charge in [0.25, 0.3) is 0 Å². The van der Waals surface area contributed by atoms with E-state index in [1.807, 2.05) is 44.2 Å². The van der Waals surface area contributed by atoms with Crippen molar-refractivity contribution < 1.29 is 13.2 Å². The molecule has 1 saturated heterocycles. The van der Waals surface area contributed by atoms with Gasteiger partial charge in [0.2, 0.25) is 5.91 Å². The quantitative estimate of drug-likeness (QED) is 0.826. The first kappa shape index (κ1) is 17.7. The highest BCUT2D eigenvalue weighted by Gasteiger charge is 2.40. The van der Waals surface area contributed by atoms with Crippen LogP contribution >= 0.6 is 0 Å². The maximum Gasteiger partial charge on any atom is 0.227 e. The molecule has 2 aromatic rings. The highest BCUT2D eigenvalue weighted by molar-refractivity contribution is 7.91. The van der Waals surface area contributed by atoms with Crippen LogP contribution in [-0.4, -0.2) is 31.5 Å². The number of benzene rings is 2. The normalized spacial score (nSPS) is 20.9. The summed E-state index contributed by atoms with van der Waals surface area (Å²) < 4.78 is 25.4. The van der Waals surface area contributed by atoms with Crippen molar-refractivity contribution >= 4 is 15.7 Å². The molecule has 0 radical (unpaired) electrons. The van der Waals surface area contributed by atoms with Gasteiger partial charge in [0.1, 0.15) is 0 Å². The smallest absolute Gasteiger partial charge is 0.227 e. The van der Waals surface area contributed by atoms with Gasteiger partial charge >= 0.3 is 0 Å². The van der Waals surface area contributed by atoms with E-state index in [4.69, 9.17) is 0 Å². The second-order valence-electron chi connectivity index (χ2n) is 6.88. The van der Waals surface area contributed by atoms with E-state index < -0.39 is 15.8 Å². The van der Waals surface area contributed by atoms with Gasteiger partial charge in [-0.05, 0) is 30.5 Å². The zero-order valence-corrected chi connectivity index (χ0v) is 15.4. The average molecular weight is 357 g/mol. The molecule has 0 saturated carbocycles. The SMILES string of the molecule is Cc1ccc(S(=O)(=O)C[C@@H]2C(=O)N(Cc3ccccc3)C[C@@H]2C)cc1. The molecule has 0 spiro atoms. The van der Waals surface area contributed by atoms with Crippen LogP contribution in [0.1, 0.15) is 18.1 Å². The number of sulfone groups is 1. The van der Waals surface area contributed by atoms with Crippen LogP contribution in [-0.2, 0) is 21.2 Å². The second kappa shape index (κ2) is 7.00. The number of rotatable bonds is 5. The average Bonchev–Trinajstić information content (AvgIpc) is 2.83. The number of carbonyl (C=O) groups excluding carboxylic acids is 1. The molecular weight excluding hydrogens is 334 g/mol. The monoisotopic (exact) mass is 357 g/mol. The predicted octanol–water partition coefficient (Wildman–Crippen LogP) is 3.06. The fraction of sp³-hybridized carbons (Fsp3) is 0.350. The van der Waals surface area contributed by atoms with E-state index in [0.717, 1.165) is 11.1 Å². The van der Waals surface area contributed by atoms with Gasteiger partial charge in [-0.1, -0.05) is 55.0 Å². The maximum absolute atomic E-state index is 12.7. The molecule has 0 aliphatic carbocycles. The Morgan fingerprint density at radius 2 is 1.68 bits per heavy atom. The first-order chi connectivity index (χ1) is 11.9. The molecule has 1 amide bonds. The number of nitrogens with zero attached hydrogens (tertiary/aromatic N) is 1. The van der Waals surface area contributed by atoms with E-state index in [2.05, 4.69) is 0 Å². The highest BCUT2D eigenvalue weighted by Crippen LogP contribution is 2.29. The van der Waals surface area contributed by atoms with E-state index in [-0.39, 0.29) is 17.6 Å². The summed E-state index contributed by atoms with van der Waals surface area (Å²) in [6.07, 6.45) is 0. The molecule has 3 rings (SSSR count). The van der Waals surface area contributed by atoms with Gasteiger partial charge in [0, 0.05) is 13.1 Å². The molecule has 1 aliphatic heterocycles. The summed E-state index contributed by atoms with van der Waals surface area (Å²) in [6, 6.07) is 16.6. The zero-order valence-electron chi connectivity index (χ0n) is 14.6. The van der Waals surface area contributed by atoms with Gasteiger partial charge in [0.15, 0.2) is 9.84 Å². The van der Waals surface area contributed by atoms with Crippen LogP contribution in [0.3, 0.4) is 0 Å². The Bertz CT molecular complexity index is 844. The molecule has 0 unspecified atom stereocenters. The molecule has 4 nitrogen and oxygen atoms in total. The van der Waals surface area contributed by atoms with Crippen LogP contribution in [0.4, 0.5) is 0 Å². The van der Waals surface area contributed by atoms with Crippen LogP contribution in [0.25, 0.3) is 0 Å². The fourth-order valence-electron chi connectivity index (χ4n) is 3.30. The van der Waals surface area contributed by atoms with E-state index >= 15 is 0 Å². The Labute approximate surface area is 149 Å². The Hall–Kier alpha value is -2.14. The van der Waals surface area contributed by atoms with Crippen LogP contribution in [0.15, 0.2) is 59.5 Å². The predicted molar refractivity (Wildman–Crippen MR) is 97.7 cm³/mol. The van der Waals surface area contributed by atoms with Crippen molar-refractivity contribution in [1.29, 1.82) is 0 Å². The number of carbonyl (C=O) groups is 1. The molecule has 2 atom stereocenters. The van der Waals surface area contributed by atoms with E-state index in [1.54, 1.807) is 29.2 Å². The standard InChI is InChI=1S/C20H23NO3S/c1-15-8-10-18(11-9-15)25(23,24)14-19-16(2)12-21(20(19)22)13-17-6-4-3-5-7-17/h3-11,16,19H,12-14H2,1-2H3/t16-,19-/m0/s1. The van der Waals surface area contributed by atoms with Crippen molar-refractivity contribution in [3.05, 3.63) is 65.7 Å². The van der Waals surface area contributed by atoms with E-state index in [9.17, 15) is 13.2 Å². The van der Waals surface area contributed by atoms with Crippen molar-refractivity contribution in [1.82, 2.24) is 4.90 Å². The summed E-state index contributed by atoms with van der Waals surface area (Å²) in [5.41, 5.74) is 2.07. The molecule has 1 heterocycles. The summed E-state index contributed by atoms with van der Waals surface area (Å²) >= 11 is 0. The van der Waals surface area contributed by atoms with Gasteiger partial charge in [0.05, 0.1) is 16.6 Å². The Balaban J connectivity index is 1.74. The van der Waals surface area contributed by atoms with Gasteiger partial charge in [-0.25, -0.2) is 8.42 Å². The molecule has 0 aromatic heterocycles.